The number of nitrogens with zero attached hydrogens (tertiary/aromatic N) is 1. The van der Waals surface area contributed by atoms with Crippen LogP contribution in [0.1, 0.15) is 43.7 Å². The molecule has 0 unspecified atom stereocenters. The Bertz CT molecular complexity index is 646. The fourth-order valence-corrected chi connectivity index (χ4v) is 5.12. The smallest absolute Gasteiger partial charge is 0.246 e. The molecule has 2 aliphatic rings. The molecule has 122 valence electrons. The third-order valence-corrected chi connectivity index (χ3v) is 6.91. The van der Waals surface area contributed by atoms with E-state index in [9.17, 15) is 8.42 Å². The second-order valence-corrected chi connectivity index (χ2v) is 8.47. The monoisotopic (exact) mass is 323 g/mol. The second-order valence-electron chi connectivity index (χ2n) is 6.57. The maximum atomic E-state index is 13.0. The van der Waals surface area contributed by atoms with Crippen LogP contribution in [-0.2, 0) is 22.9 Å². The van der Waals surface area contributed by atoms with Crippen molar-refractivity contribution in [3.63, 3.8) is 0 Å². The summed E-state index contributed by atoms with van der Waals surface area (Å²) in [6.07, 6.45) is 6.18. The molecular formula is C17H25NO3S. The lowest BCUT2D eigenvalue weighted by Crippen LogP contribution is -2.38. The molecule has 5 heteroatoms. The molecule has 0 amide bonds. The van der Waals surface area contributed by atoms with E-state index in [-0.39, 0.29) is 0 Å². The first-order valence-corrected chi connectivity index (χ1v) is 9.66. The number of benzene rings is 1. The van der Waals surface area contributed by atoms with Gasteiger partial charge < -0.3 is 4.74 Å². The Labute approximate surface area is 133 Å². The van der Waals surface area contributed by atoms with Crippen molar-refractivity contribution in [1.29, 1.82) is 0 Å². The summed E-state index contributed by atoms with van der Waals surface area (Å²) in [5, 5.41) is 0. The molecule has 22 heavy (non-hydrogen) atoms. The highest BCUT2D eigenvalue weighted by Crippen LogP contribution is 2.34. The largest absolute Gasteiger partial charge is 0.495 e. The van der Waals surface area contributed by atoms with Crippen LogP contribution in [0.25, 0.3) is 0 Å². The third-order valence-electron chi connectivity index (χ3n) is 4.99. The van der Waals surface area contributed by atoms with Crippen molar-refractivity contribution in [3.05, 3.63) is 23.3 Å². The SMILES string of the molecule is COc1cc2c(cc1S(=O)(=O)N1CCC(C)CC1)CCCC2. The van der Waals surface area contributed by atoms with Gasteiger partial charge in [0.05, 0.1) is 7.11 Å². The van der Waals surface area contributed by atoms with Gasteiger partial charge in [0.25, 0.3) is 0 Å². The molecule has 0 radical (unpaired) electrons. The Morgan fingerprint density at radius 1 is 1.09 bits per heavy atom. The van der Waals surface area contributed by atoms with E-state index >= 15 is 0 Å². The third kappa shape index (κ3) is 2.88. The first-order chi connectivity index (χ1) is 10.5. The highest BCUT2D eigenvalue weighted by atomic mass is 32.2. The summed E-state index contributed by atoms with van der Waals surface area (Å²) < 4.78 is 33.0. The van der Waals surface area contributed by atoms with Crippen LogP contribution in [0, 0.1) is 5.92 Å². The summed E-state index contributed by atoms with van der Waals surface area (Å²) in [7, 11) is -1.90. The molecule has 0 atom stereocenters. The van der Waals surface area contributed by atoms with E-state index in [0.717, 1.165) is 32.1 Å². The Morgan fingerprint density at radius 2 is 1.68 bits per heavy atom. The highest BCUT2D eigenvalue weighted by molar-refractivity contribution is 7.89. The first-order valence-electron chi connectivity index (χ1n) is 8.22. The predicted molar refractivity (Wildman–Crippen MR) is 86.8 cm³/mol. The van der Waals surface area contributed by atoms with E-state index in [2.05, 4.69) is 6.92 Å². The lowest BCUT2D eigenvalue weighted by molar-refractivity contribution is 0.287. The van der Waals surface area contributed by atoms with E-state index in [4.69, 9.17) is 4.74 Å². The summed E-state index contributed by atoms with van der Waals surface area (Å²) in [6, 6.07) is 3.80. The number of hydrogen-bond donors (Lipinski definition) is 0. The number of sulfonamides is 1. The molecule has 0 saturated carbocycles. The minimum Gasteiger partial charge on any atom is -0.495 e. The molecule has 1 aromatic rings. The zero-order valence-electron chi connectivity index (χ0n) is 13.5. The maximum Gasteiger partial charge on any atom is 0.246 e. The second kappa shape index (κ2) is 6.20. The van der Waals surface area contributed by atoms with Gasteiger partial charge in [-0.05, 0) is 67.7 Å². The molecule has 1 aromatic carbocycles. The van der Waals surface area contributed by atoms with Crippen molar-refractivity contribution in [3.8, 4) is 5.75 Å². The molecule has 0 bridgehead atoms. The van der Waals surface area contributed by atoms with Crippen molar-refractivity contribution in [2.24, 2.45) is 5.92 Å². The van der Waals surface area contributed by atoms with Crippen molar-refractivity contribution >= 4 is 10.0 Å². The Kier molecular flexibility index (Phi) is 4.46. The Morgan fingerprint density at radius 3 is 2.27 bits per heavy atom. The predicted octanol–water partition coefficient (Wildman–Crippen LogP) is 2.99. The van der Waals surface area contributed by atoms with Crippen molar-refractivity contribution in [2.75, 3.05) is 20.2 Å². The first kappa shape index (κ1) is 15.8. The zero-order chi connectivity index (χ0) is 15.7. The van der Waals surface area contributed by atoms with E-state index in [1.807, 2.05) is 12.1 Å². The Hall–Kier alpha value is -1.07. The lowest BCUT2D eigenvalue weighted by atomic mass is 9.92. The van der Waals surface area contributed by atoms with Gasteiger partial charge in [0.2, 0.25) is 10.0 Å². The van der Waals surface area contributed by atoms with Gasteiger partial charge in [-0.15, -0.1) is 0 Å². The standard InChI is InChI=1S/C17H25NO3S/c1-13-7-9-18(10-8-13)22(19,20)17-12-15-6-4-3-5-14(15)11-16(17)21-2/h11-13H,3-10H2,1-2H3. The number of piperidine rings is 1. The number of hydrogen-bond acceptors (Lipinski definition) is 3. The molecule has 0 aromatic heterocycles. The van der Waals surface area contributed by atoms with Gasteiger partial charge in [-0.1, -0.05) is 6.92 Å². The molecule has 1 saturated heterocycles. The summed E-state index contributed by atoms with van der Waals surface area (Å²) in [6.45, 7) is 3.41. The fourth-order valence-electron chi connectivity index (χ4n) is 3.47. The van der Waals surface area contributed by atoms with E-state index < -0.39 is 10.0 Å². The molecule has 4 nitrogen and oxygen atoms in total. The summed E-state index contributed by atoms with van der Waals surface area (Å²) in [5.74, 6) is 1.11. The summed E-state index contributed by atoms with van der Waals surface area (Å²) >= 11 is 0. The molecule has 1 heterocycles. The maximum absolute atomic E-state index is 13.0. The van der Waals surface area contributed by atoms with Crippen LogP contribution < -0.4 is 4.74 Å². The van der Waals surface area contributed by atoms with Crippen LogP contribution in [0.3, 0.4) is 0 Å². The molecule has 1 aliphatic heterocycles. The fraction of sp³-hybridized carbons (Fsp3) is 0.647. The topological polar surface area (TPSA) is 46.6 Å². The van der Waals surface area contributed by atoms with Crippen LogP contribution >= 0.6 is 0 Å². The van der Waals surface area contributed by atoms with Gasteiger partial charge in [0.1, 0.15) is 10.6 Å². The van der Waals surface area contributed by atoms with Crippen LogP contribution in [0.2, 0.25) is 0 Å². The average Bonchev–Trinajstić information content (AvgIpc) is 2.54. The van der Waals surface area contributed by atoms with Crippen LogP contribution in [0.4, 0.5) is 0 Å². The summed E-state index contributed by atoms with van der Waals surface area (Å²) in [4.78, 5) is 0.352. The number of ether oxygens (including phenoxy) is 1. The van der Waals surface area contributed by atoms with Gasteiger partial charge in [-0.2, -0.15) is 4.31 Å². The molecule has 0 N–H and O–H groups in total. The molecule has 1 aliphatic carbocycles. The van der Waals surface area contributed by atoms with Crippen molar-refractivity contribution in [2.45, 2.75) is 50.3 Å². The number of rotatable bonds is 3. The van der Waals surface area contributed by atoms with E-state index in [1.54, 1.807) is 11.4 Å². The number of aryl methyl sites for hydroxylation is 2. The molecule has 0 spiro atoms. The van der Waals surface area contributed by atoms with Gasteiger partial charge in [0, 0.05) is 13.1 Å². The van der Waals surface area contributed by atoms with E-state index in [1.165, 1.54) is 17.5 Å². The van der Waals surface area contributed by atoms with Gasteiger partial charge in [-0.25, -0.2) is 8.42 Å². The Balaban J connectivity index is 1.98. The van der Waals surface area contributed by atoms with Crippen LogP contribution in [-0.4, -0.2) is 32.9 Å². The minimum absolute atomic E-state index is 0.352. The highest BCUT2D eigenvalue weighted by Gasteiger charge is 2.31. The van der Waals surface area contributed by atoms with Crippen LogP contribution in [0.15, 0.2) is 17.0 Å². The number of methoxy groups -OCH3 is 1. The van der Waals surface area contributed by atoms with Gasteiger partial charge in [-0.3, -0.25) is 0 Å². The van der Waals surface area contributed by atoms with Gasteiger partial charge >= 0.3 is 0 Å². The molecule has 3 rings (SSSR count). The van der Waals surface area contributed by atoms with Crippen molar-refractivity contribution < 1.29 is 13.2 Å². The van der Waals surface area contributed by atoms with Crippen LogP contribution in [0.5, 0.6) is 5.75 Å². The normalized spacial score (nSPS) is 20.6. The minimum atomic E-state index is -3.45. The summed E-state index contributed by atoms with van der Waals surface area (Å²) in [5.41, 5.74) is 2.42. The molecular weight excluding hydrogens is 298 g/mol. The quantitative estimate of drug-likeness (QED) is 0.859. The zero-order valence-corrected chi connectivity index (χ0v) is 14.3. The molecule has 1 fully saturated rings. The number of fused-ring (bicyclic) bond motifs is 1. The lowest BCUT2D eigenvalue weighted by Gasteiger charge is -2.30. The van der Waals surface area contributed by atoms with Crippen molar-refractivity contribution in [1.82, 2.24) is 4.31 Å². The van der Waals surface area contributed by atoms with E-state index in [0.29, 0.717) is 29.7 Å². The van der Waals surface area contributed by atoms with Gasteiger partial charge in [0.15, 0.2) is 0 Å². The average molecular weight is 323 g/mol.